The number of benzene rings is 1. The molecule has 2 unspecified atom stereocenters. The van der Waals surface area contributed by atoms with Gasteiger partial charge in [-0.1, -0.05) is 23.7 Å². The summed E-state index contributed by atoms with van der Waals surface area (Å²) in [7, 11) is 2.10. The summed E-state index contributed by atoms with van der Waals surface area (Å²) in [5.74, 6) is 1.03. The van der Waals surface area contributed by atoms with Gasteiger partial charge in [0.15, 0.2) is 12.1 Å². The maximum absolute atomic E-state index is 9.36. The standard InChI is InChI=1S/C24H35ClN4O3/c1-27-18-28(12-5-15-32-23-7-2-3-14-31-23)17-21-24(27)26-22(6-4-13-30)29(21)16-19-8-10-20(25)11-9-19/h8-11,17,22-23,30H,2-7,12-16,18H2,1H3. The maximum Gasteiger partial charge on any atom is 0.157 e. The molecule has 1 fully saturated rings. The predicted octanol–water partition coefficient (Wildman–Crippen LogP) is 3.63. The summed E-state index contributed by atoms with van der Waals surface area (Å²) in [6, 6.07) is 8.00. The molecule has 3 aliphatic rings. The van der Waals surface area contributed by atoms with E-state index in [2.05, 4.69) is 40.1 Å². The molecular weight excluding hydrogens is 428 g/mol. The quantitative estimate of drug-likeness (QED) is 0.536. The van der Waals surface area contributed by atoms with Crippen LogP contribution in [0, 0.1) is 0 Å². The Morgan fingerprint density at radius 2 is 2.06 bits per heavy atom. The highest BCUT2D eigenvalue weighted by atomic mass is 35.5. The number of amidine groups is 1. The zero-order chi connectivity index (χ0) is 22.3. The molecule has 0 radical (unpaired) electrons. The molecule has 0 aromatic heterocycles. The van der Waals surface area contributed by atoms with Crippen LogP contribution >= 0.6 is 11.6 Å². The molecule has 3 aliphatic heterocycles. The monoisotopic (exact) mass is 462 g/mol. The van der Waals surface area contributed by atoms with Crippen LogP contribution in [0.3, 0.4) is 0 Å². The Kier molecular flexibility index (Phi) is 8.30. The number of rotatable bonds is 10. The van der Waals surface area contributed by atoms with Crippen LogP contribution in [0.15, 0.2) is 41.2 Å². The second kappa shape index (κ2) is 11.4. The lowest BCUT2D eigenvalue weighted by Gasteiger charge is -2.36. The Hall–Kier alpha value is -1.80. The molecule has 0 amide bonds. The summed E-state index contributed by atoms with van der Waals surface area (Å²) in [6.07, 6.45) is 8.11. The Bertz CT molecular complexity index is 795. The number of halogens is 1. The molecule has 0 spiro atoms. The topological polar surface area (TPSA) is 60.8 Å². The molecule has 7 nitrogen and oxygen atoms in total. The second-order valence-corrected chi connectivity index (χ2v) is 9.18. The summed E-state index contributed by atoms with van der Waals surface area (Å²) in [5, 5.41) is 10.1. The molecule has 32 heavy (non-hydrogen) atoms. The van der Waals surface area contributed by atoms with Gasteiger partial charge in [0.25, 0.3) is 0 Å². The lowest BCUT2D eigenvalue weighted by atomic mass is 10.1. The highest BCUT2D eigenvalue weighted by Crippen LogP contribution is 2.30. The zero-order valence-electron chi connectivity index (χ0n) is 19.0. The molecule has 1 aromatic carbocycles. The summed E-state index contributed by atoms with van der Waals surface area (Å²) in [5.41, 5.74) is 2.34. The largest absolute Gasteiger partial charge is 0.396 e. The van der Waals surface area contributed by atoms with Gasteiger partial charge in [-0.2, -0.15) is 0 Å². The molecule has 1 saturated heterocycles. The Morgan fingerprint density at radius 3 is 2.81 bits per heavy atom. The van der Waals surface area contributed by atoms with Crippen molar-refractivity contribution in [3.05, 3.63) is 46.7 Å². The van der Waals surface area contributed by atoms with Crippen molar-refractivity contribution in [1.82, 2.24) is 14.7 Å². The minimum absolute atomic E-state index is 0.0261. The molecule has 1 aromatic rings. The van der Waals surface area contributed by atoms with Gasteiger partial charge in [-0.25, -0.2) is 4.99 Å². The van der Waals surface area contributed by atoms with Gasteiger partial charge in [-0.05, 0) is 56.2 Å². The number of likely N-dealkylation sites (N-methyl/N-ethyl adjacent to an activating group) is 1. The molecule has 0 aliphatic carbocycles. The minimum Gasteiger partial charge on any atom is -0.396 e. The van der Waals surface area contributed by atoms with Crippen LogP contribution in [0.5, 0.6) is 0 Å². The predicted molar refractivity (Wildman–Crippen MR) is 126 cm³/mol. The van der Waals surface area contributed by atoms with Gasteiger partial charge in [0, 0.05) is 44.6 Å². The van der Waals surface area contributed by atoms with Gasteiger partial charge < -0.3 is 29.3 Å². The number of fused-ring (bicyclic) bond motifs is 1. The molecule has 0 bridgehead atoms. The van der Waals surface area contributed by atoms with Crippen LogP contribution < -0.4 is 0 Å². The van der Waals surface area contributed by atoms with Crippen molar-refractivity contribution in [2.24, 2.45) is 4.99 Å². The third kappa shape index (κ3) is 5.95. The molecule has 3 heterocycles. The van der Waals surface area contributed by atoms with E-state index in [0.29, 0.717) is 6.61 Å². The fourth-order valence-corrected chi connectivity index (χ4v) is 4.60. The van der Waals surface area contributed by atoms with E-state index >= 15 is 0 Å². The summed E-state index contributed by atoms with van der Waals surface area (Å²) < 4.78 is 11.6. The van der Waals surface area contributed by atoms with Crippen LogP contribution in [-0.4, -0.2) is 78.2 Å². The normalized spacial score (nSPS) is 23.3. The van der Waals surface area contributed by atoms with Crippen molar-refractivity contribution in [2.75, 3.05) is 40.1 Å². The Balaban J connectivity index is 1.40. The molecular formula is C24H35ClN4O3. The van der Waals surface area contributed by atoms with Crippen LogP contribution in [0.2, 0.25) is 5.02 Å². The van der Waals surface area contributed by atoms with Gasteiger partial charge in [0.2, 0.25) is 0 Å². The van der Waals surface area contributed by atoms with E-state index < -0.39 is 0 Å². The lowest BCUT2D eigenvalue weighted by Crippen LogP contribution is -2.44. The van der Waals surface area contributed by atoms with Crippen molar-refractivity contribution in [3.63, 3.8) is 0 Å². The van der Waals surface area contributed by atoms with E-state index in [4.69, 9.17) is 26.1 Å². The third-order valence-electron chi connectivity index (χ3n) is 6.15. The molecule has 8 heteroatoms. The van der Waals surface area contributed by atoms with Crippen molar-refractivity contribution >= 4 is 17.4 Å². The second-order valence-electron chi connectivity index (χ2n) is 8.74. The van der Waals surface area contributed by atoms with Gasteiger partial charge >= 0.3 is 0 Å². The Labute approximate surface area is 196 Å². The third-order valence-corrected chi connectivity index (χ3v) is 6.40. The first-order valence-electron chi connectivity index (χ1n) is 11.7. The zero-order valence-corrected chi connectivity index (χ0v) is 19.7. The number of nitrogens with zero attached hydrogens (tertiary/aromatic N) is 4. The van der Waals surface area contributed by atoms with E-state index in [9.17, 15) is 5.11 Å². The van der Waals surface area contributed by atoms with E-state index in [1.807, 2.05) is 12.1 Å². The van der Waals surface area contributed by atoms with Gasteiger partial charge in [0.05, 0.1) is 19.0 Å². The number of hydrogen-bond donors (Lipinski definition) is 1. The lowest BCUT2D eigenvalue weighted by molar-refractivity contribution is -0.163. The van der Waals surface area contributed by atoms with Crippen molar-refractivity contribution in [3.8, 4) is 0 Å². The fraction of sp³-hybridized carbons (Fsp3) is 0.625. The van der Waals surface area contributed by atoms with Crippen LogP contribution in [0.1, 0.15) is 44.1 Å². The van der Waals surface area contributed by atoms with Crippen molar-refractivity contribution in [1.29, 1.82) is 0 Å². The summed E-state index contributed by atoms with van der Waals surface area (Å²) in [4.78, 5) is 11.9. The maximum atomic E-state index is 9.36. The molecule has 0 saturated carbocycles. The molecule has 2 atom stereocenters. The summed E-state index contributed by atoms with van der Waals surface area (Å²) in [6.45, 7) is 4.20. The van der Waals surface area contributed by atoms with Crippen LogP contribution in [0.4, 0.5) is 0 Å². The number of aliphatic hydroxyl groups excluding tert-OH is 1. The summed E-state index contributed by atoms with van der Waals surface area (Å²) >= 11 is 6.08. The first-order chi connectivity index (χ1) is 15.6. The minimum atomic E-state index is -0.0261. The van der Waals surface area contributed by atoms with E-state index in [0.717, 1.165) is 75.0 Å². The molecule has 1 N–H and O–H groups in total. The fourth-order valence-electron chi connectivity index (χ4n) is 4.48. The first kappa shape index (κ1) is 23.4. The van der Waals surface area contributed by atoms with Crippen LogP contribution in [0.25, 0.3) is 0 Å². The number of aliphatic imine (C=N–C) groups is 1. The molecule has 4 rings (SSSR count). The van der Waals surface area contributed by atoms with Gasteiger partial charge in [0.1, 0.15) is 6.17 Å². The average Bonchev–Trinajstić information content (AvgIpc) is 3.15. The number of hydrogen-bond acceptors (Lipinski definition) is 7. The van der Waals surface area contributed by atoms with Crippen LogP contribution in [-0.2, 0) is 16.0 Å². The number of ether oxygens (including phenoxy) is 2. The van der Waals surface area contributed by atoms with E-state index in [1.54, 1.807) is 0 Å². The highest BCUT2D eigenvalue weighted by Gasteiger charge is 2.35. The Morgan fingerprint density at radius 1 is 1.22 bits per heavy atom. The highest BCUT2D eigenvalue weighted by molar-refractivity contribution is 6.30. The molecule has 176 valence electrons. The van der Waals surface area contributed by atoms with E-state index in [-0.39, 0.29) is 19.1 Å². The van der Waals surface area contributed by atoms with Crippen molar-refractivity contribution in [2.45, 2.75) is 57.5 Å². The van der Waals surface area contributed by atoms with Gasteiger partial charge in [-0.3, -0.25) is 0 Å². The number of aliphatic hydroxyl groups is 1. The first-order valence-corrected chi connectivity index (χ1v) is 12.1. The average molecular weight is 463 g/mol. The van der Waals surface area contributed by atoms with Gasteiger partial charge in [-0.15, -0.1) is 0 Å². The SMILES string of the molecule is CN1CN(CCCOC2CCCCO2)C=C2C1=NC(CCCO)N2Cc1ccc(Cl)cc1. The van der Waals surface area contributed by atoms with E-state index in [1.165, 1.54) is 12.0 Å². The van der Waals surface area contributed by atoms with Crippen molar-refractivity contribution < 1.29 is 14.6 Å². The smallest absolute Gasteiger partial charge is 0.157 e.